The number of aromatic nitrogens is 2. The van der Waals surface area contributed by atoms with Gasteiger partial charge in [0.1, 0.15) is 0 Å². The Bertz CT molecular complexity index is 931. The maximum absolute atomic E-state index is 12.3. The molecule has 0 atom stereocenters. The molecule has 0 radical (unpaired) electrons. The molecule has 0 spiro atoms. The van der Waals surface area contributed by atoms with Crippen molar-refractivity contribution in [2.24, 2.45) is 0 Å². The molecule has 0 unspecified atom stereocenters. The molecule has 0 aliphatic carbocycles. The summed E-state index contributed by atoms with van der Waals surface area (Å²) in [6, 6.07) is 8.66. The summed E-state index contributed by atoms with van der Waals surface area (Å²) < 4.78 is 26.9. The van der Waals surface area contributed by atoms with Crippen LogP contribution in [0.3, 0.4) is 0 Å². The summed E-state index contributed by atoms with van der Waals surface area (Å²) in [5.74, 6) is -1.12. The second-order valence-electron chi connectivity index (χ2n) is 4.32. The number of nitrogens with zero attached hydrogens (tertiary/aromatic N) is 2. The molecule has 0 saturated carbocycles. The fourth-order valence-electron chi connectivity index (χ4n) is 1.71. The van der Waals surface area contributed by atoms with Crippen LogP contribution in [0.25, 0.3) is 9.88 Å². The SMILES string of the molecule is O=C(O)c1ccc(S(=O)(=O)Nc2nnc(-c3cccs3)s2)cc1. The average Bonchev–Trinajstić information content (AvgIpc) is 3.18. The lowest BCUT2D eigenvalue weighted by atomic mass is 10.2. The maximum atomic E-state index is 12.3. The quantitative estimate of drug-likeness (QED) is 0.718. The highest BCUT2D eigenvalue weighted by Gasteiger charge is 2.18. The van der Waals surface area contributed by atoms with E-state index in [1.165, 1.54) is 35.6 Å². The Hall–Kier alpha value is -2.30. The molecule has 2 heterocycles. The van der Waals surface area contributed by atoms with Gasteiger partial charge in [0, 0.05) is 0 Å². The van der Waals surface area contributed by atoms with Gasteiger partial charge in [0.2, 0.25) is 5.13 Å². The van der Waals surface area contributed by atoms with Gasteiger partial charge in [-0.15, -0.1) is 21.5 Å². The number of hydrogen-bond acceptors (Lipinski definition) is 7. The van der Waals surface area contributed by atoms with Crippen molar-refractivity contribution in [3.05, 3.63) is 47.3 Å². The Labute approximate surface area is 139 Å². The summed E-state index contributed by atoms with van der Waals surface area (Å²) in [7, 11) is -3.84. The number of carbonyl (C=O) groups is 1. The van der Waals surface area contributed by atoms with E-state index in [1.807, 2.05) is 17.5 Å². The van der Waals surface area contributed by atoms with Crippen molar-refractivity contribution in [2.45, 2.75) is 4.90 Å². The van der Waals surface area contributed by atoms with Crippen LogP contribution in [0.2, 0.25) is 0 Å². The molecule has 3 aromatic rings. The first-order valence-electron chi connectivity index (χ1n) is 6.19. The third-order valence-corrected chi connectivity index (χ3v) is 6.15. The molecule has 1 aromatic carbocycles. The summed E-state index contributed by atoms with van der Waals surface area (Å²) in [6.07, 6.45) is 0. The number of sulfonamides is 1. The molecule has 2 N–H and O–H groups in total. The largest absolute Gasteiger partial charge is 0.478 e. The van der Waals surface area contributed by atoms with Crippen molar-refractivity contribution in [2.75, 3.05) is 4.72 Å². The van der Waals surface area contributed by atoms with Crippen LogP contribution in [-0.4, -0.2) is 29.7 Å². The summed E-state index contributed by atoms with van der Waals surface area (Å²) >= 11 is 2.61. The lowest BCUT2D eigenvalue weighted by Gasteiger charge is -2.04. The molecule has 0 fully saturated rings. The fraction of sp³-hybridized carbons (Fsp3) is 0. The normalized spacial score (nSPS) is 11.3. The predicted molar refractivity (Wildman–Crippen MR) is 87.4 cm³/mol. The van der Waals surface area contributed by atoms with Crippen LogP contribution < -0.4 is 4.72 Å². The van der Waals surface area contributed by atoms with E-state index >= 15 is 0 Å². The molecule has 118 valence electrons. The smallest absolute Gasteiger partial charge is 0.335 e. The van der Waals surface area contributed by atoms with Crippen molar-refractivity contribution in [3.63, 3.8) is 0 Å². The van der Waals surface area contributed by atoms with E-state index in [1.54, 1.807) is 0 Å². The van der Waals surface area contributed by atoms with Gasteiger partial charge in [-0.1, -0.05) is 17.4 Å². The van der Waals surface area contributed by atoms with Gasteiger partial charge in [-0.25, -0.2) is 13.2 Å². The van der Waals surface area contributed by atoms with E-state index < -0.39 is 16.0 Å². The van der Waals surface area contributed by atoms with Gasteiger partial charge in [-0.3, -0.25) is 4.72 Å². The van der Waals surface area contributed by atoms with Crippen LogP contribution >= 0.6 is 22.7 Å². The summed E-state index contributed by atoms with van der Waals surface area (Å²) in [6.45, 7) is 0. The highest BCUT2D eigenvalue weighted by atomic mass is 32.2. The first kappa shape index (κ1) is 15.6. The van der Waals surface area contributed by atoms with Crippen LogP contribution in [0, 0.1) is 0 Å². The fourth-order valence-corrected chi connectivity index (χ4v) is 4.48. The lowest BCUT2D eigenvalue weighted by Crippen LogP contribution is -2.13. The monoisotopic (exact) mass is 367 g/mol. The molecular formula is C13H9N3O4S3. The Balaban J connectivity index is 1.82. The van der Waals surface area contributed by atoms with Gasteiger partial charge < -0.3 is 5.11 Å². The van der Waals surface area contributed by atoms with Crippen LogP contribution in [0.1, 0.15) is 10.4 Å². The van der Waals surface area contributed by atoms with Gasteiger partial charge >= 0.3 is 5.97 Å². The topological polar surface area (TPSA) is 109 Å². The van der Waals surface area contributed by atoms with E-state index in [0.29, 0.717) is 5.01 Å². The van der Waals surface area contributed by atoms with Gasteiger partial charge in [-0.05, 0) is 35.7 Å². The molecule has 7 nitrogen and oxygen atoms in total. The number of aromatic carboxylic acids is 1. The molecule has 10 heteroatoms. The summed E-state index contributed by atoms with van der Waals surface area (Å²) in [5, 5.41) is 19.3. The molecule has 0 saturated heterocycles. The first-order chi connectivity index (χ1) is 11.0. The predicted octanol–water partition coefficient (Wildman–Crippen LogP) is 2.77. The number of anilines is 1. The third kappa shape index (κ3) is 3.38. The van der Waals surface area contributed by atoms with Crippen molar-refractivity contribution in [1.82, 2.24) is 10.2 Å². The number of carboxylic acids is 1. The van der Waals surface area contributed by atoms with Crippen LogP contribution in [0.15, 0.2) is 46.7 Å². The van der Waals surface area contributed by atoms with Gasteiger partial charge in [-0.2, -0.15) is 0 Å². The first-order valence-corrected chi connectivity index (χ1v) is 9.37. The van der Waals surface area contributed by atoms with Crippen molar-refractivity contribution in [3.8, 4) is 9.88 Å². The molecule has 23 heavy (non-hydrogen) atoms. The van der Waals surface area contributed by atoms with Crippen molar-refractivity contribution >= 4 is 43.8 Å². The average molecular weight is 367 g/mol. The zero-order chi connectivity index (χ0) is 16.4. The van der Waals surface area contributed by atoms with E-state index in [0.717, 1.165) is 16.2 Å². The van der Waals surface area contributed by atoms with E-state index in [2.05, 4.69) is 14.9 Å². The minimum Gasteiger partial charge on any atom is -0.478 e. The second-order valence-corrected chi connectivity index (χ2v) is 7.93. The number of carboxylic acid groups (broad SMARTS) is 1. The Kier molecular flexibility index (Phi) is 4.11. The van der Waals surface area contributed by atoms with Gasteiger partial charge in [0.25, 0.3) is 10.0 Å². The van der Waals surface area contributed by atoms with E-state index in [4.69, 9.17) is 5.11 Å². The molecule has 0 aliphatic rings. The van der Waals surface area contributed by atoms with E-state index in [9.17, 15) is 13.2 Å². The van der Waals surface area contributed by atoms with Crippen LogP contribution in [0.4, 0.5) is 5.13 Å². The highest BCUT2D eigenvalue weighted by molar-refractivity contribution is 7.93. The molecular weight excluding hydrogens is 358 g/mol. The number of rotatable bonds is 5. The highest BCUT2D eigenvalue weighted by Crippen LogP contribution is 2.30. The number of nitrogens with one attached hydrogen (secondary N) is 1. The van der Waals surface area contributed by atoms with Crippen LogP contribution in [0.5, 0.6) is 0 Å². The Morgan fingerprint density at radius 3 is 2.48 bits per heavy atom. The Morgan fingerprint density at radius 1 is 1.13 bits per heavy atom. The maximum Gasteiger partial charge on any atom is 0.335 e. The summed E-state index contributed by atoms with van der Waals surface area (Å²) in [4.78, 5) is 11.6. The van der Waals surface area contributed by atoms with Crippen molar-refractivity contribution < 1.29 is 18.3 Å². The number of thiophene rings is 1. The van der Waals surface area contributed by atoms with Crippen LogP contribution in [-0.2, 0) is 10.0 Å². The van der Waals surface area contributed by atoms with Gasteiger partial charge in [0.15, 0.2) is 5.01 Å². The lowest BCUT2D eigenvalue weighted by molar-refractivity contribution is 0.0696. The zero-order valence-electron chi connectivity index (χ0n) is 11.3. The second kappa shape index (κ2) is 6.07. The molecule has 0 bridgehead atoms. The number of benzene rings is 1. The number of hydrogen-bond donors (Lipinski definition) is 2. The third-order valence-electron chi connectivity index (χ3n) is 2.79. The molecule has 0 aliphatic heterocycles. The zero-order valence-corrected chi connectivity index (χ0v) is 13.8. The molecule has 3 rings (SSSR count). The van der Waals surface area contributed by atoms with Gasteiger partial charge in [0.05, 0.1) is 15.3 Å². The molecule has 2 aromatic heterocycles. The standard InChI is InChI=1S/C13H9N3O4S3/c17-12(18)8-3-5-9(6-4-8)23(19,20)16-13-15-14-11(22-13)10-2-1-7-21-10/h1-7H,(H,15,16)(H,17,18). The van der Waals surface area contributed by atoms with Crippen molar-refractivity contribution in [1.29, 1.82) is 0 Å². The molecule has 0 amide bonds. The summed E-state index contributed by atoms with van der Waals surface area (Å²) in [5.41, 5.74) is 0.0137. The minimum atomic E-state index is -3.84. The van der Waals surface area contributed by atoms with E-state index in [-0.39, 0.29) is 15.6 Å². The minimum absolute atomic E-state index is 0.0137. The Morgan fingerprint density at radius 2 is 1.87 bits per heavy atom.